The summed E-state index contributed by atoms with van der Waals surface area (Å²) in [4.78, 5) is 5.25. The van der Waals surface area contributed by atoms with Crippen molar-refractivity contribution in [1.29, 1.82) is 0 Å². The van der Waals surface area contributed by atoms with Crippen molar-refractivity contribution >= 4 is 0 Å². The molecule has 0 bridgehead atoms. The van der Waals surface area contributed by atoms with Crippen LogP contribution >= 0.6 is 0 Å². The van der Waals surface area contributed by atoms with Crippen molar-refractivity contribution < 1.29 is 0 Å². The first-order valence-electron chi connectivity index (χ1n) is 8.58. The Morgan fingerprint density at radius 2 is 1.65 bits per heavy atom. The monoisotopic (exact) mass is 281 g/mol. The average Bonchev–Trinajstić information content (AvgIpc) is 2.47. The van der Waals surface area contributed by atoms with E-state index >= 15 is 0 Å². The molecule has 3 heteroatoms. The number of rotatable bonds is 4. The zero-order chi connectivity index (χ0) is 14.8. The first-order chi connectivity index (χ1) is 9.42. The lowest BCUT2D eigenvalue weighted by molar-refractivity contribution is -0.00646. The number of piperidine rings is 1. The number of hydrogen-bond acceptors (Lipinski definition) is 3. The van der Waals surface area contributed by atoms with Crippen molar-refractivity contribution in [2.75, 3.05) is 33.2 Å². The molecule has 0 amide bonds. The minimum Gasteiger partial charge on any atom is -0.329 e. The Kier molecular flexibility index (Phi) is 5.14. The van der Waals surface area contributed by atoms with Crippen LogP contribution in [0.3, 0.4) is 0 Å². The maximum atomic E-state index is 6.24. The molecule has 0 aromatic rings. The molecule has 20 heavy (non-hydrogen) atoms. The summed E-state index contributed by atoms with van der Waals surface area (Å²) in [5, 5.41) is 0. The third-order valence-electron chi connectivity index (χ3n) is 6.21. The zero-order valence-corrected chi connectivity index (χ0v) is 14.1. The van der Waals surface area contributed by atoms with Gasteiger partial charge in [-0.25, -0.2) is 0 Å². The molecule has 0 aromatic carbocycles. The first-order valence-corrected chi connectivity index (χ1v) is 8.58. The van der Waals surface area contributed by atoms with Gasteiger partial charge in [0, 0.05) is 18.1 Å². The highest BCUT2D eigenvalue weighted by Gasteiger charge is 2.42. The summed E-state index contributed by atoms with van der Waals surface area (Å²) in [6, 6.07) is 0.738. The summed E-state index contributed by atoms with van der Waals surface area (Å²) < 4.78 is 0. The van der Waals surface area contributed by atoms with Crippen LogP contribution in [0.5, 0.6) is 0 Å². The molecule has 0 spiro atoms. The molecule has 3 nitrogen and oxygen atoms in total. The predicted molar refractivity (Wildman–Crippen MR) is 86.9 cm³/mol. The van der Waals surface area contributed by atoms with Gasteiger partial charge in [-0.1, -0.05) is 20.8 Å². The molecule has 118 valence electrons. The van der Waals surface area contributed by atoms with Crippen molar-refractivity contribution in [3.8, 4) is 0 Å². The van der Waals surface area contributed by atoms with Crippen LogP contribution in [0.25, 0.3) is 0 Å². The molecule has 2 fully saturated rings. The summed E-state index contributed by atoms with van der Waals surface area (Å²) in [7, 11) is 2.34. The van der Waals surface area contributed by atoms with E-state index in [1.165, 1.54) is 58.2 Å². The van der Waals surface area contributed by atoms with Crippen LogP contribution < -0.4 is 5.73 Å². The fraction of sp³-hybridized carbons (Fsp3) is 1.00. The van der Waals surface area contributed by atoms with E-state index in [0.29, 0.717) is 5.41 Å². The first kappa shape index (κ1) is 16.3. The standard InChI is InChI=1S/C17H35N3/c1-5-20-12-6-15(7-13-20)19(4)17(14-18)10-8-16(2,3)9-11-17/h15H,5-14,18H2,1-4H3. The van der Waals surface area contributed by atoms with E-state index in [1.807, 2.05) is 0 Å². The van der Waals surface area contributed by atoms with E-state index in [2.05, 4.69) is 37.6 Å². The van der Waals surface area contributed by atoms with Gasteiger partial charge >= 0.3 is 0 Å². The quantitative estimate of drug-likeness (QED) is 0.860. The maximum absolute atomic E-state index is 6.24. The van der Waals surface area contributed by atoms with Crippen LogP contribution in [0.2, 0.25) is 0 Å². The lowest BCUT2D eigenvalue weighted by Gasteiger charge is -2.52. The van der Waals surface area contributed by atoms with Gasteiger partial charge in [0.05, 0.1) is 0 Å². The largest absolute Gasteiger partial charge is 0.329 e. The smallest absolute Gasteiger partial charge is 0.0332 e. The fourth-order valence-electron chi connectivity index (χ4n) is 4.10. The Hall–Kier alpha value is -0.120. The van der Waals surface area contributed by atoms with Crippen LogP contribution in [-0.4, -0.2) is 54.6 Å². The summed E-state index contributed by atoms with van der Waals surface area (Å²) in [5.41, 5.74) is 7.03. The Bertz CT molecular complexity index is 295. The number of likely N-dealkylation sites (N-methyl/N-ethyl adjacent to an activating group) is 1. The summed E-state index contributed by atoms with van der Waals surface area (Å²) in [6.45, 7) is 11.6. The van der Waals surface area contributed by atoms with Crippen LogP contribution in [0.15, 0.2) is 0 Å². The number of nitrogens with two attached hydrogens (primary N) is 1. The van der Waals surface area contributed by atoms with E-state index in [9.17, 15) is 0 Å². The van der Waals surface area contributed by atoms with Crippen molar-refractivity contribution in [1.82, 2.24) is 9.80 Å². The van der Waals surface area contributed by atoms with Crippen molar-refractivity contribution in [2.24, 2.45) is 11.1 Å². The van der Waals surface area contributed by atoms with Gasteiger partial charge in [0.2, 0.25) is 0 Å². The normalized spacial score (nSPS) is 27.9. The Morgan fingerprint density at radius 1 is 1.10 bits per heavy atom. The molecule has 0 unspecified atom stereocenters. The van der Waals surface area contributed by atoms with Gasteiger partial charge in [-0.15, -0.1) is 0 Å². The molecule has 0 atom stereocenters. The third kappa shape index (κ3) is 3.37. The van der Waals surface area contributed by atoms with Crippen molar-refractivity contribution in [2.45, 2.75) is 70.9 Å². The van der Waals surface area contributed by atoms with Gasteiger partial charge in [0.25, 0.3) is 0 Å². The number of hydrogen-bond donors (Lipinski definition) is 1. The summed E-state index contributed by atoms with van der Waals surface area (Å²) >= 11 is 0. The van der Waals surface area contributed by atoms with Gasteiger partial charge in [-0.3, -0.25) is 4.90 Å². The molecule has 1 aliphatic carbocycles. The zero-order valence-electron chi connectivity index (χ0n) is 14.1. The van der Waals surface area contributed by atoms with Crippen LogP contribution in [0, 0.1) is 5.41 Å². The molecule has 0 radical (unpaired) electrons. The van der Waals surface area contributed by atoms with Crippen molar-refractivity contribution in [3.05, 3.63) is 0 Å². The second-order valence-corrected chi connectivity index (χ2v) is 7.87. The summed E-state index contributed by atoms with van der Waals surface area (Å²) in [5.74, 6) is 0. The highest BCUT2D eigenvalue weighted by Crippen LogP contribution is 2.43. The molecule has 1 saturated carbocycles. The van der Waals surface area contributed by atoms with E-state index in [4.69, 9.17) is 5.73 Å². The van der Waals surface area contributed by atoms with Crippen LogP contribution in [0.4, 0.5) is 0 Å². The fourth-order valence-corrected chi connectivity index (χ4v) is 4.10. The lowest BCUT2D eigenvalue weighted by Crippen LogP contribution is -2.59. The van der Waals surface area contributed by atoms with Gasteiger partial charge in [0.1, 0.15) is 0 Å². The van der Waals surface area contributed by atoms with Crippen molar-refractivity contribution in [3.63, 3.8) is 0 Å². The van der Waals surface area contributed by atoms with Crippen LogP contribution in [0.1, 0.15) is 59.3 Å². The second-order valence-electron chi connectivity index (χ2n) is 7.87. The third-order valence-corrected chi connectivity index (χ3v) is 6.21. The Balaban J connectivity index is 1.97. The highest BCUT2D eigenvalue weighted by atomic mass is 15.2. The topological polar surface area (TPSA) is 32.5 Å². The molecule has 1 aliphatic heterocycles. The van der Waals surface area contributed by atoms with E-state index in [0.717, 1.165) is 12.6 Å². The average molecular weight is 281 g/mol. The van der Waals surface area contributed by atoms with Gasteiger partial charge in [0.15, 0.2) is 0 Å². The molecular weight excluding hydrogens is 246 g/mol. The van der Waals surface area contributed by atoms with Gasteiger partial charge in [-0.05, 0) is 70.6 Å². The SMILES string of the molecule is CCN1CCC(N(C)C2(CN)CCC(C)(C)CC2)CC1. The minimum atomic E-state index is 0.272. The molecule has 1 saturated heterocycles. The number of nitrogens with zero attached hydrogens (tertiary/aromatic N) is 2. The molecule has 0 aromatic heterocycles. The molecule has 1 heterocycles. The minimum absolute atomic E-state index is 0.272. The van der Waals surface area contributed by atoms with E-state index in [-0.39, 0.29) is 5.54 Å². The second kappa shape index (κ2) is 6.33. The van der Waals surface area contributed by atoms with Gasteiger partial charge in [-0.2, -0.15) is 0 Å². The number of likely N-dealkylation sites (tertiary alicyclic amines) is 1. The molecule has 2 N–H and O–H groups in total. The lowest BCUT2D eigenvalue weighted by atomic mass is 9.68. The predicted octanol–water partition coefficient (Wildman–Crippen LogP) is 2.70. The Morgan fingerprint density at radius 3 is 2.10 bits per heavy atom. The molecular formula is C17H35N3. The summed E-state index contributed by atoms with van der Waals surface area (Å²) in [6.07, 6.45) is 7.83. The molecule has 2 rings (SSSR count). The maximum Gasteiger partial charge on any atom is 0.0332 e. The molecule has 2 aliphatic rings. The Labute approximate surface area is 125 Å². The van der Waals surface area contributed by atoms with E-state index < -0.39 is 0 Å². The van der Waals surface area contributed by atoms with E-state index in [1.54, 1.807) is 0 Å². The van der Waals surface area contributed by atoms with Gasteiger partial charge < -0.3 is 10.6 Å². The highest BCUT2D eigenvalue weighted by molar-refractivity contribution is 4.99. The van der Waals surface area contributed by atoms with Crippen LogP contribution in [-0.2, 0) is 0 Å².